The van der Waals surface area contributed by atoms with Crippen LogP contribution < -0.4 is 4.90 Å². The largest absolute Gasteiger partial charge is 0.465 e. The van der Waals surface area contributed by atoms with Crippen LogP contribution in [0.4, 0.5) is 5.69 Å². The average molecular weight is 499 g/mol. The number of nitrogens with zero attached hydrogens (tertiary/aromatic N) is 2. The Bertz CT molecular complexity index is 1010. The zero-order valence-electron chi connectivity index (χ0n) is 21.1. The molecule has 1 heterocycles. The molecule has 9 nitrogen and oxygen atoms in total. The molecule has 3 amide bonds. The molecule has 0 N–H and O–H groups in total. The Kier molecular flexibility index (Phi) is 6.63. The molecular formula is C27H34N2O7. The first-order valence-electron chi connectivity index (χ1n) is 12.7. The maximum absolute atomic E-state index is 14.3. The Morgan fingerprint density at radius 3 is 2.03 bits per heavy atom. The number of hydrogen-bond donors (Lipinski definition) is 0. The number of carbonyl (C=O) groups is 4. The third-order valence-corrected chi connectivity index (χ3v) is 8.67. The van der Waals surface area contributed by atoms with Crippen LogP contribution >= 0.6 is 0 Å². The van der Waals surface area contributed by atoms with Crippen molar-refractivity contribution >= 4 is 29.4 Å². The highest BCUT2D eigenvalue weighted by atomic mass is 16.7. The third kappa shape index (κ3) is 4.22. The van der Waals surface area contributed by atoms with Gasteiger partial charge in [-0.05, 0) is 80.5 Å². The maximum atomic E-state index is 14.3. The lowest BCUT2D eigenvalue weighted by Crippen LogP contribution is -2.59. The summed E-state index contributed by atoms with van der Waals surface area (Å²) < 4.78 is 15.5. The maximum Gasteiger partial charge on any atom is 0.337 e. The summed E-state index contributed by atoms with van der Waals surface area (Å²) in [4.78, 5) is 55.5. The van der Waals surface area contributed by atoms with Gasteiger partial charge in [0.15, 0.2) is 6.29 Å². The topological polar surface area (TPSA) is 102 Å². The molecule has 0 radical (unpaired) electrons. The Balaban J connectivity index is 1.43. The summed E-state index contributed by atoms with van der Waals surface area (Å²) in [5.74, 6) is 0.307. The van der Waals surface area contributed by atoms with E-state index < -0.39 is 29.6 Å². The van der Waals surface area contributed by atoms with Crippen molar-refractivity contribution in [3.8, 4) is 0 Å². The quantitative estimate of drug-likeness (QED) is 0.309. The minimum Gasteiger partial charge on any atom is -0.465 e. The number of hydrogen-bond acceptors (Lipinski definition) is 7. The molecule has 1 aromatic rings. The molecule has 1 aliphatic heterocycles. The highest BCUT2D eigenvalue weighted by Gasteiger charge is 2.57. The van der Waals surface area contributed by atoms with Gasteiger partial charge < -0.3 is 19.1 Å². The number of benzene rings is 1. The number of imide groups is 1. The van der Waals surface area contributed by atoms with Gasteiger partial charge in [-0.25, -0.2) is 9.69 Å². The minimum atomic E-state index is -0.925. The summed E-state index contributed by atoms with van der Waals surface area (Å²) >= 11 is 0. The Labute approximate surface area is 211 Å². The van der Waals surface area contributed by atoms with E-state index in [2.05, 4.69) is 0 Å². The summed E-state index contributed by atoms with van der Waals surface area (Å²) in [5.41, 5.74) is 0.204. The fourth-order valence-electron chi connectivity index (χ4n) is 7.43. The fraction of sp³-hybridized carbons (Fsp3) is 0.630. The molecule has 1 aromatic carbocycles. The van der Waals surface area contributed by atoms with Gasteiger partial charge >= 0.3 is 5.97 Å². The second-order valence-electron chi connectivity index (χ2n) is 10.9. The molecule has 36 heavy (non-hydrogen) atoms. The highest BCUT2D eigenvalue weighted by Crippen LogP contribution is 2.60. The monoisotopic (exact) mass is 498 g/mol. The smallest absolute Gasteiger partial charge is 0.337 e. The lowest BCUT2D eigenvalue weighted by atomic mass is 9.49. The van der Waals surface area contributed by atoms with Crippen molar-refractivity contribution in [3.63, 3.8) is 0 Å². The number of rotatable bonds is 8. The van der Waals surface area contributed by atoms with Crippen LogP contribution in [-0.2, 0) is 28.6 Å². The second-order valence-corrected chi connectivity index (χ2v) is 10.9. The summed E-state index contributed by atoms with van der Waals surface area (Å²) in [6, 6.07) is 5.19. The molecule has 9 heteroatoms. The Morgan fingerprint density at radius 2 is 1.53 bits per heavy atom. The molecule has 1 unspecified atom stereocenters. The first-order chi connectivity index (χ1) is 17.3. The number of carbonyl (C=O) groups excluding carboxylic acids is 4. The average Bonchev–Trinajstić information content (AvgIpc) is 3.16. The molecule has 5 aliphatic rings. The van der Waals surface area contributed by atoms with Gasteiger partial charge in [0.2, 0.25) is 11.8 Å². The van der Waals surface area contributed by atoms with E-state index in [1.54, 1.807) is 17.0 Å². The van der Waals surface area contributed by atoms with E-state index in [1.807, 2.05) is 0 Å². The van der Waals surface area contributed by atoms with Crippen molar-refractivity contribution in [1.29, 1.82) is 0 Å². The molecule has 0 aromatic heterocycles. The van der Waals surface area contributed by atoms with E-state index in [0.717, 1.165) is 24.2 Å². The van der Waals surface area contributed by atoms with Gasteiger partial charge in [-0.1, -0.05) is 0 Å². The van der Waals surface area contributed by atoms with Crippen LogP contribution in [0.2, 0.25) is 0 Å². The van der Waals surface area contributed by atoms with Gasteiger partial charge in [0, 0.05) is 14.2 Å². The summed E-state index contributed by atoms with van der Waals surface area (Å²) in [5, 5.41) is 0. The normalized spacial score (nSPS) is 30.8. The minimum absolute atomic E-state index is 0.0465. The number of anilines is 1. The summed E-state index contributed by atoms with van der Waals surface area (Å²) in [6.45, 7) is 0.0758. The molecule has 5 fully saturated rings. The van der Waals surface area contributed by atoms with Crippen molar-refractivity contribution in [2.24, 2.45) is 23.2 Å². The first-order valence-corrected chi connectivity index (χ1v) is 12.7. The Morgan fingerprint density at radius 1 is 0.972 bits per heavy atom. The number of ether oxygens (including phenoxy) is 3. The van der Waals surface area contributed by atoms with Crippen molar-refractivity contribution in [2.45, 2.75) is 57.3 Å². The van der Waals surface area contributed by atoms with Gasteiger partial charge in [0.25, 0.3) is 5.91 Å². The van der Waals surface area contributed by atoms with Gasteiger partial charge in [-0.2, -0.15) is 0 Å². The van der Waals surface area contributed by atoms with Crippen LogP contribution in [0.1, 0.15) is 55.3 Å². The van der Waals surface area contributed by atoms with Crippen molar-refractivity contribution in [2.75, 3.05) is 32.8 Å². The van der Waals surface area contributed by atoms with Crippen LogP contribution in [0.25, 0.3) is 0 Å². The number of amides is 3. The summed E-state index contributed by atoms with van der Waals surface area (Å²) in [6.07, 6.45) is 5.34. The van der Waals surface area contributed by atoms with Crippen molar-refractivity contribution in [3.05, 3.63) is 29.8 Å². The first kappa shape index (κ1) is 24.9. The van der Waals surface area contributed by atoms with Crippen LogP contribution in [0, 0.1) is 23.2 Å². The predicted molar refractivity (Wildman–Crippen MR) is 129 cm³/mol. The van der Waals surface area contributed by atoms with E-state index in [4.69, 9.17) is 14.2 Å². The molecule has 4 saturated carbocycles. The summed E-state index contributed by atoms with van der Waals surface area (Å²) in [7, 11) is 4.29. The third-order valence-electron chi connectivity index (χ3n) is 8.67. The van der Waals surface area contributed by atoms with Gasteiger partial charge in [0.05, 0.1) is 36.7 Å². The molecule has 1 atom stereocenters. The number of esters is 1. The van der Waals surface area contributed by atoms with Crippen LogP contribution in [0.3, 0.4) is 0 Å². The van der Waals surface area contributed by atoms with E-state index in [-0.39, 0.29) is 24.8 Å². The van der Waals surface area contributed by atoms with Crippen LogP contribution in [0.5, 0.6) is 0 Å². The van der Waals surface area contributed by atoms with E-state index in [9.17, 15) is 19.2 Å². The second kappa shape index (κ2) is 9.59. The van der Waals surface area contributed by atoms with Crippen molar-refractivity contribution in [1.82, 2.24) is 4.90 Å². The standard InChI is InChI=1S/C27H34N2O7/c1-34-23(35-2)15-28(26(33)27-12-16-8-17(13-27)10-18(9-16)14-27)21-11-22(30)29(24(21)31)20-6-4-19(5-7-20)25(32)36-3/h4-7,16-18,21,23H,8-15H2,1-3H3. The molecule has 194 valence electrons. The Hall–Kier alpha value is -2.78. The van der Waals surface area contributed by atoms with Gasteiger partial charge in [-0.3, -0.25) is 14.4 Å². The van der Waals surface area contributed by atoms with E-state index in [1.165, 1.54) is 52.7 Å². The van der Waals surface area contributed by atoms with E-state index >= 15 is 0 Å². The molecule has 1 saturated heterocycles. The van der Waals surface area contributed by atoms with Gasteiger partial charge in [-0.15, -0.1) is 0 Å². The van der Waals surface area contributed by atoms with Crippen molar-refractivity contribution < 1.29 is 33.4 Å². The fourth-order valence-corrected chi connectivity index (χ4v) is 7.43. The zero-order chi connectivity index (χ0) is 25.6. The van der Waals surface area contributed by atoms with Crippen LogP contribution in [0.15, 0.2) is 24.3 Å². The predicted octanol–water partition coefficient (Wildman–Crippen LogP) is 2.77. The zero-order valence-corrected chi connectivity index (χ0v) is 21.1. The molecule has 6 rings (SSSR count). The molecular weight excluding hydrogens is 464 g/mol. The molecule has 4 bridgehead atoms. The molecule has 4 aliphatic carbocycles. The van der Waals surface area contributed by atoms with Gasteiger partial charge in [0.1, 0.15) is 6.04 Å². The lowest BCUT2D eigenvalue weighted by molar-refractivity contribution is -0.172. The van der Waals surface area contributed by atoms with Crippen LogP contribution in [-0.4, -0.2) is 68.8 Å². The number of methoxy groups -OCH3 is 3. The van der Waals surface area contributed by atoms with E-state index in [0.29, 0.717) is 29.0 Å². The SMILES string of the molecule is COC(=O)c1ccc(N2C(=O)CC(N(CC(OC)OC)C(=O)C34CC5CC(CC(C5)C3)C4)C2=O)cc1. The molecule has 0 spiro atoms. The highest BCUT2D eigenvalue weighted by molar-refractivity contribution is 6.23. The lowest BCUT2D eigenvalue weighted by Gasteiger charge is -2.57.